The molecule has 0 aliphatic carbocycles. The monoisotopic (exact) mass is 926 g/mol. The molecule has 3 aliphatic rings. The van der Waals surface area contributed by atoms with E-state index in [1.54, 1.807) is 38.2 Å². The van der Waals surface area contributed by atoms with Gasteiger partial charge in [-0.15, -0.1) is 0 Å². The highest BCUT2D eigenvalue weighted by Gasteiger charge is 2.51. The number of carboxylic acid groups (broad SMARTS) is 1. The Morgan fingerprint density at radius 1 is 0.692 bits per heavy atom. The largest absolute Gasteiger partial charge is 0.481 e. The highest BCUT2D eigenvalue weighted by atomic mass is 16.7. The first-order chi connectivity index (χ1) is 30.6. The minimum atomic E-state index is -2.35. The Balaban J connectivity index is 1.84. The topological polar surface area (TPSA) is 320 Å². The molecule has 0 aromatic rings. The lowest BCUT2D eigenvalue weighted by atomic mass is 9.82. The number of allylic oxidation sites excluding steroid dienone is 10. The Labute approximate surface area is 381 Å². The van der Waals surface area contributed by atoms with Crippen molar-refractivity contribution in [3.05, 3.63) is 72.9 Å². The predicted octanol–water partition coefficient (Wildman–Crippen LogP) is 0.936. The number of carbonyl (C=O) groups excluding carboxylic acids is 1. The summed E-state index contributed by atoms with van der Waals surface area (Å²) in [7, 11) is 0. The fourth-order valence-electron chi connectivity index (χ4n) is 8.11. The van der Waals surface area contributed by atoms with Crippen LogP contribution in [0.4, 0.5) is 0 Å². The molecule has 18 nitrogen and oxygen atoms in total. The minimum absolute atomic E-state index is 0.138. The van der Waals surface area contributed by atoms with E-state index < -0.39 is 141 Å². The standard InChI is InChI=1S/C47H75NO17/c1-27-17-15-13-11-9-7-5-6-8-10-12-14-16-18-34(64-46-44(58)41(48)43(57)30(4)63-46)24-38-40(45(59)60)37(54)26-47(61,65-38)25-36(53)35(52)20-19-31(49)21-32(50)22-33(51)23-39(55)62-29(3)28(2)42(27)56/h5-6,8,10-18,27-38,40-44,46,49-54,56-58,61H,7,9,19-26,48H2,1-4H3,(H,59,60)/b6-5+,10-8-,13-11+,14-12+,17-15+,18-16+/t27?,28?,29?,30-,31?,32?,33?,34?,35?,36?,37?,38?,40?,41+,42?,43-,44+,46+,47?/m1/s1. The van der Waals surface area contributed by atoms with Gasteiger partial charge in [-0.05, 0) is 52.4 Å². The van der Waals surface area contributed by atoms with Gasteiger partial charge in [0.2, 0.25) is 0 Å². The van der Waals surface area contributed by atoms with Crippen molar-refractivity contribution >= 4 is 11.9 Å². The van der Waals surface area contributed by atoms with E-state index in [9.17, 15) is 65.8 Å². The SMILES string of the molecule is CC1/C=C/C=C/CC/C=C/C=C\C=C\C=C\C(O[C@@H]2O[C@H](C)[C@@H](O)[C@H](N)[C@@H]2O)CC2OC(O)(CC(O)C(O)CCC(O)CC(O)CC(O)CC(=O)OC(C)C(C)C1O)CC(O)C2C(=O)O. The number of hydrogen-bond acceptors (Lipinski definition) is 17. The minimum Gasteiger partial charge on any atom is -0.481 e. The van der Waals surface area contributed by atoms with Crippen molar-refractivity contribution in [2.24, 2.45) is 23.5 Å². The van der Waals surface area contributed by atoms with Crippen LogP contribution >= 0.6 is 0 Å². The van der Waals surface area contributed by atoms with Crippen molar-refractivity contribution in [1.82, 2.24) is 0 Å². The first-order valence-corrected chi connectivity index (χ1v) is 22.6. The number of esters is 1. The zero-order chi connectivity index (χ0) is 48.4. The van der Waals surface area contributed by atoms with E-state index in [-0.39, 0.29) is 38.0 Å². The lowest BCUT2D eigenvalue weighted by Gasteiger charge is -2.45. The summed E-state index contributed by atoms with van der Waals surface area (Å²) in [6.07, 6.45) is 2.28. The lowest BCUT2D eigenvalue weighted by molar-refractivity contribution is -0.310. The van der Waals surface area contributed by atoms with E-state index in [1.807, 2.05) is 49.5 Å². The Bertz CT molecular complexity index is 1620. The summed E-state index contributed by atoms with van der Waals surface area (Å²) in [6, 6.07) is -1.14. The average molecular weight is 926 g/mol. The highest BCUT2D eigenvalue weighted by molar-refractivity contribution is 5.71. The molecule has 3 heterocycles. The third-order valence-electron chi connectivity index (χ3n) is 12.2. The molecule has 3 rings (SSSR count). The molecule has 3 aliphatic heterocycles. The number of nitrogens with two attached hydrogens (primary N) is 1. The maximum absolute atomic E-state index is 12.6. The van der Waals surface area contributed by atoms with Gasteiger partial charge < -0.3 is 80.9 Å². The van der Waals surface area contributed by atoms with Crippen molar-refractivity contribution < 1.29 is 84.7 Å². The Hall–Kier alpha value is -3.18. The van der Waals surface area contributed by atoms with Crippen LogP contribution in [0.2, 0.25) is 0 Å². The molecule has 0 saturated carbocycles. The number of aliphatic carboxylic acids is 1. The van der Waals surface area contributed by atoms with Crippen molar-refractivity contribution in [2.75, 3.05) is 0 Å². The predicted molar refractivity (Wildman–Crippen MR) is 237 cm³/mol. The van der Waals surface area contributed by atoms with E-state index in [2.05, 4.69) is 0 Å². The van der Waals surface area contributed by atoms with Gasteiger partial charge in [0.15, 0.2) is 12.1 Å². The van der Waals surface area contributed by atoms with E-state index >= 15 is 0 Å². The van der Waals surface area contributed by atoms with Gasteiger partial charge in [-0.2, -0.15) is 0 Å². The van der Waals surface area contributed by atoms with Crippen LogP contribution in [0, 0.1) is 17.8 Å². The number of aliphatic hydroxyl groups excluding tert-OH is 9. The molecule has 0 amide bonds. The van der Waals surface area contributed by atoms with Gasteiger partial charge >= 0.3 is 11.9 Å². The quantitative estimate of drug-likeness (QED) is 0.175. The molecule has 0 spiro atoms. The smallest absolute Gasteiger partial charge is 0.311 e. The normalized spacial score (nSPS) is 45.2. The number of rotatable bonds is 3. The Morgan fingerprint density at radius 3 is 1.94 bits per heavy atom. The van der Waals surface area contributed by atoms with E-state index in [0.29, 0.717) is 0 Å². The summed E-state index contributed by atoms with van der Waals surface area (Å²) in [5, 5.41) is 118. The lowest BCUT2D eigenvalue weighted by Crippen LogP contribution is -2.61. The molecule has 2 bridgehead atoms. The van der Waals surface area contributed by atoms with Crippen molar-refractivity contribution in [3.63, 3.8) is 0 Å². The Kier molecular flexibility index (Phi) is 23.8. The summed E-state index contributed by atoms with van der Waals surface area (Å²) < 4.78 is 23.2. The van der Waals surface area contributed by atoms with Gasteiger partial charge in [0.05, 0.1) is 79.6 Å². The number of ether oxygens (including phenoxy) is 4. The third kappa shape index (κ3) is 18.8. The van der Waals surface area contributed by atoms with E-state index in [0.717, 1.165) is 12.8 Å². The van der Waals surface area contributed by atoms with Crippen LogP contribution in [0.5, 0.6) is 0 Å². The van der Waals surface area contributed by atoms with Crippen molar-refractivity contribution in [2.45, 2.75) is 189 Å². The summed E-state index contributed by atoms with van der Waals surface area (Å²) >= 11 is 0. The van der Waals surface area contributed by atoms with Gasteiger partial charge in [0.1, 0.15) is 18.1 Å². The van der Waals surface area contributed by atoms with Gasteiger partial charge in [0, 0.05) is 31.1 Å². The van der Waals surface area contributed by atoms with Gasteiger partial charge in [0.25, 0.3) is 0 Å². The second kappa shape index (κ2) is 27.6. The van der Waals surface area contributed by atoms with Crippen molar-refractivity contribution in [1.29, 1.82) is 0 Å². The van der Waals surface area contributed by atoms with Crippen LogP contribution in [0.25, 0.3) is 0 Å². The highest BCUT2D eigenvalue weighted by Crippen LogP contribution is 2.38. The van der Waals surface area contributed by atoms with Crippen LogP contribution < -0.4 is 5.73 Å². The maximum atomic E-state index is 12.6. The van der Waals surface area contributed by atoms with Crippen LogP contribution in [0.1, 0.15) is 91.9 Å². The second-order valence-electron chi connectivity index (χ2n) is 17.8. The third-order valence-corrected chi connectivity index (χ3v) is 12.2. The van der Waals surface area contributed by atoms with Crippen LogP contribution in [-0.4, -0.2) is 166 Å². The average Bonchev–Trinajstić information content (AvgIpc) is 3.21. The molecular formula is C47H75NO17. The molecule has 14 unspecified atom stereocenters. The number of hydrogen-bond donors (Lipinski definition) is 12. The molecule has 18 heteroatoms. The van der Waals surface area contributed by atoms with E-state index in [4.69, 9.17) is 24.7 Å². The first-order valence-electron chi connectivity index (χ1n) is 22.6. The van der Waals surface area contributed by atoms with Gasteiger partial charge in [-0.1, -0.05) is 86.8 Å². The van der Waals surface area contributed by atoms with Gasteiger partial charge in [-0.25, -0.2) is 0 Å². The number of carboxylic acids is 1. The molecule has 370 valence electrons. The van der Waals surface area contributed by atoms with Crippen LogP contribution in [0.15, 0.2) is 72.9 Å². The first kappa shape index (κ1) is 56.1. The molecule has 65 heavy (non-hydrogen) atoms. The number of fused-ring (bicyclic) bond motifs is 2. The Morgan fingerprint density at radius 2 is 1.28 bits per heavy atom. The summed E-state index contributed by atoms with van der Waals surface area (Å²) in [5.74, 6) is -6.82. The second-order valence-corrected chi connectivity index (χ2v) is 17.8. The molecule has 0 aromatic carbocycles. The summed E-state index contributed by atoms with van der Waals surface area (Å²) in [4.78, 5) is 25.1. The summed E-state index contributed by atoms with van der Waals surface area (Å²) in [5.41, 5.74) is 6.02. The number of carbonyl (C=O) groups is 2. The zero-order valence-electron chi connectivity index (χ0n) is 37.8. The van der Waals surface area contributed by atoms with Crippen LogP contribution in [0.3, 0.4) is 0 Å². The summed E-state index contributed by atoms with van der Waals surface area (Å²) in [6.45, 7) is 6.78. The fourth-order valence-corrected chi connectivity index (χ4v) is 8.11. The molecule has 0 aromatic heterocycles. The molecule has 2 fully saturated rings. The fraction of sp³-hybridized carbons (Fsp3) is 0.702. The van der Waals surface area contributed by atoms with Crippen molar-refractivity contribution in [3.8, 4) is 0 Å². The molecule has 0 radical (unpaired) electrons. The number of cyclic esters (lactones) is 1. The zero-order valence-corrected chi connectivity index (χ0v) is 37.8. The molecule has 13 N–H and O–H groups in total. The van der Waals surface area contributed by atoms with E-state index in [1.165, 1.54) is 13.0 Å². The number of aliphatic hydroxyl groups is 10. The maximum Gasteiger partial charge on any atom is 0.311 e. The molecule has 2 saturated heterocycles. The molecule has 19 atom stereocenters. The van der Waals surface area contributed by atoms with Crippen LogP contribution in [-0.2, 0) is 28.5 Å². The van der Waals surface area contributed by atoms with Gasteiger partial charge in [-0.3, -0.25) is 9.59 Å². The molecular weight excluding hydrogens is 851 g/mol.